The van der Waals surface area contributed by atoms with Gasteiger partial charge in [0.15, 0.2) is 6.10 Å². The maximum absolute atomic E-state index is 12.7. The highest BCUT2D eigenvalue weighted by molar-refractivity contribution is 7.20. The number of hydrogen-bond acceptors (Lipinski definition) is 6. The van der Waals surface area contributed by atoms with Crippen LogP contribution >= 0.6 is 11.3 Å². The minimum absolute atomic E-state index is 0.248. The Balaban J connectivity index is 1.80. The molecule has 3 rings (SSSR count). The Labute approximate surface area is 179 Å². The van der Waals surface area contributed by atoms with Gasteiger partial charge >= 0.3 is 5.97 Å². The van der Waals surface area contributed by atoms with Crippen LogP contribution in [0.2, 0.25) is 0 Å². The lowest BCUT2D eigenvalue weighted by atomic mass is 10.1. The second-order valence-corrected chi connectivity index (χ2v) is 7.42. The van der Waals surface area contributed by atoms with Gasteiger partial charge in [0.25, 0.3) is 5.91 Å². The first-order valence-electron chi connectivity index (χ1n) is 9.49. The first-order valence-corrected chi connectivity index (χ1v) is 10.3. The highest BCUT2D eigenvalue weighted by atomic mass is 32.1. The van der Waals surface area contributed by atoms with Gasteiger partial charge in [0, 0.05) is 10.9 Å². The minimum atomic E-state index is -0.783. The summed E-state index contributed by atoms with van der Waals surface area (Å²) in [6.07, 6.45) is -0.783. The molecular formula is C23H23NO5S. The van der Waals surface area contributed by atoms with Gasteiger partial charge in [0.2, 0.25) is 0 Å². The van der Waals surface area contributed by atoms with Crippen LogP contribution in [0.4, 0.5) is 5.00 Å². The first-order chi connectivity index (χ1) is 14.5. The van der Waals surface area contributed by atoms with E-state index in [4.69, 9.17) is 14.2 Å². The average molecular weight is 426 g/mol. The number of thiophene rings is 1. The van der Waals surface area contributed by atoms with Crippen LogP contribution in [0.5, 0.6) is 11.5 Å². The van der Waals surface area contributed by atoms with Crippen molar-refractivity contribution in [3.05, 3.63) is 66.2 Å². The summed E-state index contributed by atoms with van der Waals surface area (Å²) in [6, 6.07) is 18.4. The third-order valence-electron chi connectivity index (χ3n) is 4.25. The number of ether oxygens (including phenoxy) is 3. The maximum Gasteiger partial charge on any atom is 0.341 e. The fraction of sp³-hybridized carbons (Fsp3) is 0.217. The number of amides is 1. The van der Waals surface area contributed by atoms with Crippen LogP contribution in [0.15, 0.2) is 60.7 Å². The normalized spacial score (nSPS) is 11.4. The van der Waals surface area contributed by atoms with Crippen molar-refractivity contribution in [2.24, 2.45) is 0 Å². The van der Waals surface area contributed by atoms with Gasteiger partial charge in [-0.2, -0.15) is 0 Å². The Morgan fingerprint density at radius 1 is 1.03 bits per heavy atom. The third kappa shape index (κ3) is 5.18. The number of hydrogen-bond donors (Lipinski definition) is 1. The molecule has 1 heterocycles. The molecule has 0 fully saturated rings. The molecule has 0 aliphatic rings. The molecule has 0 aliphatic heterocycles. The number of anilines is 1. The van der Waals surface area contributed by atoms with E-state index in [1.165, 1.54) is 11.3 Å². The van der Waals surface area contributed by atoms with E-state index in [0.717, 1.165) is 10.4 Å². The van der Waals surface area contributed by atoms with Crippen LogP contribution < -0.4 is 14.8 Å². The van der Waals surface area contributed by atoms with E-state index in [1.54, 1.807) is 51.3 Å². The van der Waals surface area contributed by atoms with E-state index in [1.807, 2.05) is 30.3 Å². The Morgan fingerprint density at radius 3 is 2.47 bits per heavy atom. The number of nitrogens with one attached hydrogen (secondary N) is 1. The Bertz CT molecular complexity index is 1020. The lowest BCUT2D eigenvalue weighted by Crippen LogP contribution is -2.30. The van der Waals surface area contributed by atoms with Crippen molar-refractivity contribution in [3.8, 4) is 21.9 Å². The molecule has 0 spiro atoms. The van der Waals surface area contributed by atoms with Gasteiger partial charge in [-0.15, -0.1) is 11.3 Å². The van der Waals surface area contributed by atoms with Gasteiger partial charge in [0.05, 0.1) is 19.3 Å². The summed E-state index contributed by atoms with van der Waals surface area (Å²) in [7, 11) is 1.56. The quantitative estimate of drug-likeness (QED) is 0.514. The van der Waals surface area contributed by atoms with Gasteiger partial charge in [-0.25, -0.2) is 4.79 Å². The van der Waals surface area contributed by atoms with Gasteiger partial charge in [-0.1, -0.05) is 36.4 Å². The molecule has 0 saturated carbocycles. The Morgan fingerprint density at radius 2 is 1.77 bits per heavy atom. The second kappa shape index (κ2) is 9.93. The molecule has 1 N–H and O–H groups in total. The van der Waals surface area contributed by atoms with Gasteiger partial charge in [-0.3, -0.25) is 4.79 Å². The molecule has 1 atom stereocenters. The molecule has 1 amide bonds. The number of esters is 1. The Hall–Kier alpha value is -3.32. The third-order valence-corrected chi connectivity index (χ3v) is 5.35. The fourth-order valence-corrected chi connectivity index (χ4v) is 3.79. The highest BCUT2D eigenvalue weighted by Crippen LogP contribution is 2.36. The molecule has 6 nitrogen and oxygen atoms in total. The van der Waals surface area contributed by atoms with Crippen molar-refractivity contribution in [2.75, 3.05) is 19.0 Å². The molecule has 1 unspecified atom stereocenters. The number of carbonyl (C=O) groups is 2. The summed E-state index contributed by atoms with van der Waals surface area (Å²) in [5, 5.41) is 3.24. The van der Waals surface area contributed by atoms with Gasteiger partial charge in [0.1, 0.15) is 16.5 Å². The van der Waals surface area contributed by atoms with Crippen LogP contribution in [-0.2, 0) is 9.53 Å². The van der Waals surface area contributed by atoms with Crippen LogP contribution in [0.1, 0.15) is 24.2 Å². The van der Waals surface area contributed by atoms with Crippen molar-refractivity contribution in [1.82, 2.24) is 0 Å². The summed E-state index contributed by atoms with van der Waals surface area (Å²) < 4.78 is 16.1. The monoisotopic (exact) mass is 425 g/mol. The van der Waals surface area contributed by atoms with Crippen molar-refractivity contribution in [1.29, 1.82) is 0 Å². The topological polar surface area (TPSA) is 73.9 Å². The van der Waals surface area contributed by atoms with Crippen molar-refractivity contribution in [3.63, 3.8) is 0 Å². The van der Waals surface area contributed by atoms with Crippen LogP contribution in [0, 0.1) is 0 Å². The second-order valence-electron chi connectivity index (χ2n) is 6.37. The van der Waals surface area contributed by atoms with E-state index < -0.39 is 12.1 Å². The summed E-state index contributed by atoms with van der Waals surface area (Å²) >= 11 is 1.32. The standard InChI is InChI=1S/C23H23NO5S/c1-4-28-23(26)19-14-20(16-9-6-5-7-10-16)30-22(19)24-21(25)15(2)29-18-12-8-11-17(13-18)27-3/h5-15H,4H2,1-3H3,(H,24,25). The van der Waals surface area contributed by atoms with Crippen molar-refractivity contribution >= 4 is 28.2 Å². The fourth-order valence-electron chi connectivity index (χ4n) is 2.73. The first kappa shape index (κ1) is 21.4. The molecule has 0 saturated heterocycles. The molecule has 0 aliphatic carbocycles. The maximum atomic E-state index is 12.7. The van der Waals surface area contributed by atoms with E-state index in [2.05, 4.69) is 5.32 Å². The van der Waals surface area contributed by atoms with E-state index >= 15 is 0 Å². The largest absolute Gasteiger partial charge is 0.497 e. The van der Waals surface area contributed by atoms with Gasteiger partial charge in [-0.05, 0) is 37.6 Å². The molecule has 7 heteroatoms. The summed E-state index contributed by atoms with van der Waals surface area (Å²) in [5.74, 6) is 0.298. The van der Waals surface area contributed by atoms with E-state index in [9.17, 15) is 9.59 Å². The zero-order chi connectivity index (χ0) is 21.5. The number of rotatable bonds is 8. The predicted octanol–water partition coefficient (Wildman–Crippen LogP) is 5.01. The zero-order valence-electron chi connectivity index (χ0n) is 17.0. The van der Waals surface area contributed by atoms with Crippen LogP contribution in [0.3, 0.4) is 0 Å². The van der Waals surface area contributed by atoms with Crippen molar-refractivity contribution in [2.45, 2.75) is 20.0 Å². The lowest BCUT2D eigenvalue weighted by Gasteiger charge is -2.15. The molecule has 0 bridgehead atoms. The highest BCUT2D eigenvalue weighted by Gasteiger charge is 2.22. The number of benzene rings is 2. The molecule has 1 aromatic heterocycles. The van der Waals surface area contributed by atoms with Crippen LogP contribution in [0.25, 0.3) is 10.4 Å². The van der Waals surface area contributed by atoms with E-state index in [0.29, 0.717) is 22.1 Å². The predicted molar refractivity (Wildman–Crippen MR) is 117 cm³/mol. The molecular weight excluding hydrogens is 402 g/mol. The summed E-state index contributed by atoms with van der Waals surface area (Å²) in [5.41, 5.74) is 1.27. The van der Waals surface area contributed by atoms with Crippen LogP contribution in [-0.4, -0.2) is 31.7 Å². The van der Waals surface area contributed by atoms with E-state index in [-0.39, 0.29) is 12.5 Å². The minimum Gasteiger partial charge on any atom is -0.497 e. The summed E-state index contributed by atoms with van der Waals surface area (Å²) in [4.78, 5) is 26.0. The molecule has 3 aromatic rings. The molecule has 2 aromatic carbocycles. The van der Waals surface area contributed by atoms with Crippen molar-refractivity contribution < 1.29 is 23.8 Å². The summed E-state index contributed by atoms with van der Waals surface area (Å²) in [6.45, 7) is 3.63. The SMILES string of the molecule is CCOC(=O)c1cc(-c2ccccc2)sc1NC(=O)C(C)Oc1cccc(OC)c1. The van der Waals surface area contributed by atoms with Gasteiger partial charge < -0.3 is 19.5 Å². The zero-order valence-corrected chi connectivity index (χ0v) is 17.8. The number of carbonyl (C=O) groups excluding carboxylic acids is 2. The molecule has 156 valence electrons. The lowest BCUT2D eigenvalue weighted by molar-refractivity contribution is -0.122. The Kier molecular flexibility index (Phi) is 7.08. The molecule has 0 radical (unpaired) electrons. The smallest absolute Gasteiger partial charge is 0.341 e. The molecule has 30 heavy (non-hydrogen) atoms. The number of methoxy groups -OCH3 is 1. The average Bonchev–Trinajstić information content (AvgIpc) is 3.18.